The zero-order chi connectivity index (χ0) is 12.9. The summed E-state index contributed by atoms with van der Waals surface area (Å²) in [7, 11) is 0. The van der Waals surface area contributed by atoms with Crippen LogP contribution in [-0.2, 0) is 0 Å². The highest BCUT2D eigenvalue weighted by Crippen LogP contribution is 2.57. The zero-order valence-electron chi connectivity index (χ0n) is 9.79. The first-order valence-electron chi connectivity index (χ1n) is 5.73. The van der Waals surface area contributed by atoms with E-state index >= 15 is 0 Å². The van der Waals surface area contributed by atoms with E-state index in [0.717, 1.165) is 5.69 Å². The molecule has 2 heterocycles. The van der Waals surface area contributed by atoms with E-state index in [-0.39, 0.29) is 11.5 Å². The van der Waals surface area contributed by atoms with Crippen LogP contribution < -0.4 is 5.56 Å². The normalized spacial score (nSPS) is 29.2. The molecular formula is C11H13N3O3S. The number of carbonyl (C=O) groups is 1. The van der Waals surface area contributed by atoms with E-state index in [9.17, 15) is 9.59 Å². The molecule has 1 saturated heterocycles. The van der Waals surface area contributed by atoms with Gasteiger partial charge in [-0.05, 0) is 18.1 Å². The quantitative estimate of drug-likeness (QED) is 0.612. The van der Waals surface area contributed by atoms with Crippen LogP contribution in [0.25, 0.3) is 0 Å². The number of fused-ring (bicyclic) bond motifs is 1. The van der Waals surface area contributed by atoms with Gasteiger partial charge >= 0.3 is 6.09 Å². The molecule has 0 spiro atoms. The van der Waals surface area contributed by atoms with Gasteiger partial charge < -0.3 is 15.0 Å². The van der Waals surface area contributed by atoms with Crippen LogP contribution in [0.3, 0.4) is 0 Å². The summed E-state index contributed by atoms with van der Waals surface area (Å²) in [4.78, 5) is 30.8. The predicted octanol–water partition coefficient (Wildman–Crippen LogP) is 0.815. The summed E-state index contributed by atoms with van der Waals surface area (Å²) < 4.78 is 0. The fraction of sp³-hybridized carbons (Fsp3) is 0.545. The molecule has 2 atom stereocenters. The molecule has 2 fully saturated rings. The van der Waals surface area contributed by atoms with Gasteiger partial charge in [0.15, 0.2) is 5.16 Å². The molecule has 18 heavy (non-hydrogen) atoms. The minimum Gasteiger partial charge on any atom is -0.465 e. The number of nitrogens with zero attached hydrogens (tertiary/aromatic N) is 2. The van der Waals surface area contributed by atoms with E-state index in [1.807, 2.05) is 6.26 Å². The predicted molar refractivity (Wildman–Crippen MR) is 66.0 cm³/mol. The third-order valence-corrected chi connectivity index (χ3v) is 4.32. The van der Waals surface area contributed by atoms with Crippen LogP contribution in [0.15, 0.2) is 16.0 Å². The Balaban J connectivity index is 1.78. The molecule has 1 saturated carbocycles. The molecule has 2 aliphatic rings. The fourth-order valence-corrected chi connectivity index (χ4v) is 3.24. The summed E-state index contributed by atoms with van der Waals surface area (Å²) in [6.45, 7) is 1.13. The van der Waals surface area contributed by atoms with Crippen molar-refractivity contribution >= 4 is 17.9 Å². The maximum Gasteiger partial charge on any atom is 0.407 e. The molecule has 2 unspecified atom stereocenters. The second-order valence-corrected chi connectivity index (χ2v) is 5.52. The Morgan fingerprint density at radius 3 is 2.78 bits per heavy atom. The number of carboxylic acid groups (broad SMARTS) is 1. The number of H-pyrrole nitrogens is 1. The minimum absolute atomic E-state index is 0.135. The molecule has 0 aromatic carbocycles. The number of thioether (sulfide) groups is 1. The highest BCUT2D eigenvalue weighted by Gasteiger charge is 2.58. The molecule has 1 aliphatic carbocycles. The molecule has 1 amide bonds. The maximum absolute atomic E-state index is 11.5. The number of piperidine rings is 1. The van der Waals surface area contributed by atoms with Gasteiger partial charge in [-0.2, -0.15) is 0 Å². The standard InChI is InChI=1S/C11H13N3O3S/c1-18-10-12-7(2-8(15)13-10)9-5-3-14(11(16)17)4-6(5)9/h2,5-6,9H,3-4H2,1H3,(H,16,17)(H,12,13,15). The Labute approximate surface area is 107 Å². The van der Waals surface area contributed by atoms with Crippen LogP contribution in [0.1, 0.15) is 11.6 Å². The lowest BCUT2D eigenvalue weighted by Gasteiger charge is -2.15. The van der Waals surface area contributed by atoms with E-state index in [4.69, 9.17) is 5.11 Å². The van der Waals surface area contributed by atoms with Crippen molar-refractivity contribution in [3.05, 3.63) is 22.1 Å². The number of hydrogen-bond acceptors (Lipinski definition) is 4. The van der Waals surface area contributed by atoms with Crippen molar-refractivity contribution in [1.82, 2.24) is 14.9 Å². The van der Waals surface area contributed by atoms with Gasteiger partial charge in [0.1, 0.15) is 0 Å². The lowest BCUT2D eigenvalue weighted by atomic mass is 10.2. The third kappa shape index (κ3) is 1.78. The Hall–Kier alpha value is -1.50. The Morgan fingerprint density at radius 2 is 2.22 bits per heavy atom. The van der Waals surface area contributed by atoms with E-state index in [0.29, 0.717) is 30.1 Å². The second kappa shape index (κ2) is 4.01. The third-order valence-electron chi connectivity index (χ3n) is 3.74. The number of hydrogen-bond donors (Lipinski definition) is 2. The van der Waals surface area contributed by atoms with E-state index in [2.05, 4.69) is 9.97 Å². The summed E-state index contributed by atoms with van der Waals surface area (Å²) in [5, 5.41) is 9.51. The van der Waals surface area contributed by atoms with Crippen LogP contribution in [0.5, 0.6) is 0 Å². The molecule has 96 valence electrons. The van der Waals surface area contributed by atoms with Gasteiger partial charge in [0.25, 0.3) is 5.56 Å². The highest BCUT2D eigenvalue weighted by atomic mass is 32.2. The molecule has 3 rings (SSSR count). The van der Waals surface area contributed by atoms with Crippen molar-refractivity contribution in [3.8, 4) is 0 Å². The summed E-state index contributed by atoms with van der Waals surface area (Å²) in [5.41, 5.74) is 0.674. The van der Waals surface area contributed by atoms with E-state index in [1.165, 1.54) is 22.7 Å². The Morgan fingerprint density at radius 1 is 1.56 bits per heavy atom. The number of aromatic amines is 1. The average Bonchev–Trinajstić information content (AvgIpc) is 2.83. The van der Waals surface area contributed by atoms with Crippen LogP contribution in [0, 0.1) is 11.8 Å². The van der Waals surface area contributed by atoms with Gasteiger partial charge in [-0.3, -0.25) is 4.79 Å². The SMILES string of the molecule is CSc1nc(C2C3CN(C(=O)O)CC32)cc(=O)[nH]1. The average molecular weight is 267 g/mol. The molecule has 1 aliphatic heterocycles. The van der Waals surface area contributed by atoms with E-state index in [1.54, 1.807) is 0 Å². The summed E-state index contributed by atoms with van der Waals surface area (Å²) in [6, 6.07) is 1.54. The van der Waals surface area contributed by atoms with Gasteiger partial charge in [-0.25, -0.2) is 9.78 Å². The van der Waals surface area contributed by atoms with Crippen molar-refractivity contribution < 1.29 is 9.90 Å². The topological polar surface area (TPSA) is 86.3 Å². The summed E-state index contributed by atoms with van der Waals surface area (Å²) >= 11 is 1.40. The van der Waals surface area contributed by atoms with Crippen LogP contribution in [-0.4, -0.2) is 45.4 Å². The van der Waals surface area contributed by atoms with Crippen molar-refractivity contribution in [2.24, 2.45) is 11.8 Å². The van der Waals surface area contributed by atoms with Crippen molar-refractivity contribution in [2.75, 3.05) is 19.3 Å². The maximum atomic E-state index is 11.5. The Bertz CT molecular complexity index is 547. The number of nitrogens with one attached hydrogen (secondary N) is 1. The molecule has 1 aromatic heterocycles. The first-order chi connectivity index (χ1) is 8.60. The van der Waals surface area contributed by atoms with Crippen molar-refractivity contribution in [2.45, 2.75) is 11.1 Å². The molecule has 1 aromatic rings. The van der Waals surface area contributed by atoms with Gasteiger partial charge in [-0.1, -0.05) is 11.8 Å². The number of likely N-dealkylation sites (tertiary alicyclic amines) is 1. The van der Waals surface area contributed by atoms with Gasteiger partial charge in [0, 0.05) is 25.1 Å². The van der Waals surface area contributed by atoms with Crippen molar-refractivity contribution in [3.63, 3.8) is 0 Å². The second-order valence-electron chi connectivity index (χ2n) is 4.72. The minimum atomic E-state index is -0.857. The van der Waals surface area contributed by atoms with Gasteiger partial charge in [-0.15, -0.1) is 0 Å². The van der Waals surface area contributed by atoms with Crippen LogP contribution in [0.4, 0.5) is 4.79 Å². The lowest BCUT2D eigenvalue weighted by molar-refractivity contribution is 0.150. The first kappa shape index (κ1) is 11.6. The monoisotopic (exact) mass is 267 g/mol. The number of amides is 1. The van der Waals surface area contributed by atoms with Crippen LogP contribution in [0.2, 0.25) is 0 Å². The van der Waals surface area contributed by atoms with E-state index < -0.39 is 6.09 Å². The molecule has 7 heteroatoms. The summed E-state index contributed by atoms with van der Waals surface area (Å²) in [6.07, 6.45) is 1.01. The smallest absolute Gasteiger partial charge is 0.407 e. The molecule has 6 nitrogen and oxygen atoms in total. The van der Waals surface area contributed by atoms with Gasteiger partial charge in [0.05, 0.1) is 5.69 Å². The van der Waals surface area contributed by atoms with Crippen molar-refractivity contribution in [1.29, 1.82) is 0 Å². The molecule has 0 bridgehead atoms. The van der Waals surface area contributed by atoms with Gasteiger partial charge in [0.2, 0.25) is 0 Å². The number of rotatable bonds is 2. The van der Waals surface area contributed by atoms with Crippen LogP contribution >= 0.6 is 11.8 Å². The molecular weight excluding hydrogens is 254 g/mol. The fourth-order valence-electron chi connectivity index (χ4n) is 2.84. The Kier molecular flexibility index (Phi) is 2.58. The lowest BCUT2D eigenvalue weighted by Crippen LogP contribution is -2.29. The zero-order valence-corrected chi connectivity index (χ0v) is 10.6. The molecule has 0 radical (unpaired) electrons. The largest absolute Gasteiger partial charge is 0.465 e. The molecule has 2 N–H and O–H groups in total. The summed E-state index contributed by atoms with van der Waals surface area (Å²) in [5.74, 6) is 0.934. The number of aromatic nitrogens is 2. The highest BCUT2D eigenvalue weighted by molar-refractivity contribution is 7.98. The first-order valence-corrected chi connectivity index (χ1v) is 6.95.